The third kappa shape index (κ3) is 5.01. The lowest BCUT2D eigenvalue weighted by molar-refractivity contribution is 0.309. The molecule has 2 aliphatic heterocycles. The number of fused-ring (bicyclic) bond motifs is 2. The third-order valence-corrected chi connectivity index (χ3v) is 10.1. The molecule has 34 heavy (non-hydrogen) atoms. The number of benzene rings is 3. The Morgan fingerprint density at radius 3 is 1.35 bits per heavy atom. The SMILES string of the molecule is CCCCOc1ccc2c(=C3SC=CS3)c3cc(OCCCC)ccc3c(=C3SC=CS3)c2c1. The lowest BCUT2D eigenvalue weighted by Crippen LogP contribution is -2.17. The van der Waals surface area contributed by atoms with Crippen molar-refractivity contribution >= 4 is 77.1 Å². The predicted molar refractivity (Wildman–Crippen MR) is 157 cm³/mol. The average Bonchev–Trinajstić information content (AvgIpc) is 3.57. The fourth-order valence-corrected chi connectivity index (χ4v) is 7.97. The molecule has 0 unspecified atom stereocenters. The average molecular weight is 525 g/mol. The first kappa shape index (κ1) is 24.1. The van der Waals surface area contributed by atoms with Gasteiger partial charge >= 0.3 is 0 Å². The highest BCUT2D eigenvalue weighted by atomic mass is 32.2. The summed E-state index contributed by atoms with van der Waals surface area (Å²) in [6, 6.07) is 13.3. The van der Waals surface area contributed by atoms with Gasteiger partial charge in [0.15, 0.2) is 0 Å². The molecule has 0 spiro atoms. The number of rotatable bonds is 8. The van der Waals surface area contributed by atoms with Crippen LogP contribution in [0.15, 0.2) is 58.0 Å². The number of hydrogen-bond donors (Lipinski definition) is 0. The number of unbranched alkanes of at least 4 members (excludes halogenated alkanes) is 2. The van der Waals surface area contributed by atoms with Gasteiger partial charge in [-0.25, -0.2) is 0 Å². The zero-order valence-corrected chi connectivity index (χ0v) is 22.7. The molecule has 6 heteroatoms. The van der Waals surface area contributed by atoms with Crippen molar-refractivity contribution in [3.05, 3.63) is 68.5 Å². The molecule has 0 saturated heterocycles. The summed E-state index contributed by atoms with van der Waals surface area (Å²) in [5.41, 5.74) is 0. The van der Waals surface area contributed by atoms with Gasteiger partial charge in [-0.2, -0.15) is 0 Å². The molecular weight excluding hydrogens is 497 g/mol. The van der Waals surface area contributed by atoms with Gasteiger partial charge in [0.2, 0.25) is 0 Å². The van der Waals surface area contributed by atoms with Crippen LogP contribution in [0.4, 0.5) is 0 Å². The van der Waals surface area contributed by atoms with Crippen molar-refractivity contribution < 1.29 is 9.47 Å². The fourth-order valence-electron chi connectivity index (χ4n) is 4.12. The van der Waals surface area contributed by atoms with E-state index in [2.05, 4.69) is 71.9 Å². The first-order valence-electron chi connectivity index (χ1n) is 11.8. The normalized spacial score (nSPS) is 15.2. The van der Waals surface area contributed by atoms with E-state index in [0.29, 0.717) is 0 Å². The van der Waals surface area contributed by atoms with Crippen molar-refractivity contribution in [2.75, 3.05) is 13.2 Å². The molecule has 0 aromatic heterocycles. The minimum absolute atomic E-state index is 0.755. The Balaban J connectivity index is 1.81. The molecule has 0 aliphatic carbocycles. The summed E-state index contributed by atoms with van der Waals surface area (Å²) >= 11 is 7.24. The Kier molecular flexibility index (Phi) is 8.10. The molecule has 0 fully saturated rings. The standard InChI is InChI=1S/C28H28O2S4/c1-3-5-11-29-19-7-9-21-23(17-19)25(27-31-13-14-32-27)22-10-8-20(30-12-6-4-2)18-24(22)26(21)28-33-15-16-34-28/h7-10,13-18H,3-6,11-12H2,1-2H3. The highest BCUT2D eigenvalue weighted by molar-refractivity contribution is 8.35. The van der Waals surface area contributed by atoms with Crippen LogP contribution in [-0.4, -0.2) is 13.2 Å². The summed E-state index contributed by atoms with van der Waals surface area (Å²) in [5, 5.41) is 16.4. The van der Waals surface area contributed by atoms with Gasteiger partial charge in [-0.15, -0.1) is 0 Å². The summed E-state index contributed by atoms with van der Waals surface area (Å²) < 4.78 is 14.9. The van der Waals surface area contributed by atoms with E-state index >= 15 is 0 Å². The van der Waals surface area contributed by atoms with Gasteiger partial charge < -0.3 is 9.47 Å². The maximum atomic E-state index is 6.14. The minimum atomic E-state index is 0.755. The second kappa shape index (κ2) is 11.4. The van der Waals surface area contributed by atoms with Crippen molar-refractivity contribution in [2.45, 2.75) is 39.5 Å². The van der Waals surface area contributed by atoms with Crippen molar-refractivity contribution in [2.24, 2.45) is 0 Å². The van der Waals surface area contributed by atoms with E-state index in [1.807, 2.05) is 47.0 Å². The van der Waals surface area contributed by atoms with Crippen LogP contribution in [0.1, 0.15) is 39.5 Å². The smallest absolute Gasteiger partial charge is 0.119 e. The zero-order chi connectivity index (χ0) is 23.3. The van der Waals surface area contributed by atoms with E-state index in [4.69, 9.17) is 9.47 Å². The molecule has 0 radical (unpaired) electrons. The van der Waals surface area contributed by atoms with E-state index in [-0.39, 0.29) is 0 Å². The monoisotopic (exact) mass is 524 g/mol. The molecule has 2 aliphatic rings. The highest BCUT2D eigenvalue weighted by Crippen LogP contribution is 2.41. The molecule has 2 nitrogen and oxygen atoms in total. The fraction of sp³-hybridized carbons (Fsp3) is 0.286. The predicted octanol–water partition coefficient (Wildman–Crippen LogP) is 8.38. The molecule has 176 valence electrons. The third-order valence-electron chi connectivity index (χ3n) is 5.81. The van der Waals surface area contributed by atoms with Gasteiger partial charge in [0.25, 0.3) is 0 Å². The van der Waals surface area contributed by atoms with E-state index in [1.54, 1.807) is 0 Å². The molecule has 2 heterocycles. The zero-order valence-electron chi connectivity index (χ0n) is 19.5. The first-order chi connectivity index (χ1) is 16.8. The summed E-state index contributed by atoms with van der Waals surface area (Å²) in [6.45, 7) is 5.90. The first-order valence-corrected chi connectivity index (χ1v) is 15.3. The Morgan fingerprint density at radius 2 is 0.971 bits per heavy atom. The van der Waals surface area contributed by atoms with E-state index < -0.39 is 0 Å². The van der Waals surface area contributed by atoms with Gasteiger partial charge in [0, 0.05) is 10.4 Å². The van der Waals surface area contributed by atoms with Gasteiger partial charge in [-0.1, -0.05) is 73.7 Å². The maximum absolute atomic E-state index is 6.14. The Hall–Kier alpha value is -1.60. The van der Waals surface area contributed by atoms with Gasteiger partial charge in [0.1, 0.15) is 11.5 Å². The molecule has 5 rings (SSSR count). The van der Waals surface area contributed by atoms with Crippen LogP contribution in [-0.2, 0) is 0 Å². The van der Waals surface area contributed by atoms with Crippen molar-refractivity contribution in [1.29, 1.82) is 0 Å². The molecule has 0 bridgehead atoms. The Bertz CT molecular complexity index is 1260. The molecule has 0 amide bonds. The van der Waals surface area contributed by atoms with Crippen molar-refractivity contribution in [3.8, 4) is 11.5 Å². The number of hydrogen-bond acceptors (Lipinski definition) is 6. The largest absolute Gasteiger partial charge is 0.494 e. The lowest BCUT2D eigenvalue weighted by atomic mass is 9.98. The summed E-state index contributed by atoms with van der Waals surface area (Å²) in [5.74, 6) is 1.90. The molecule has 0 N–H and O–H groups in total. The topological polar surface area (TPSA) is 18.5 Å². The van der Waals surface area contributed by atoms with Gasteiger partial charge in [0.05, 0.1) is 21.7 Å². The quantitative estimate of drug-likeness (QED) is 0.216. The van der Waals surface area contributed by atoms with Crippen LogP contribution in [0.2, 0.25) is 0 Å². The van der Waals surface area contributed by atoms with E-state index in [1.165, 1.54) is 40.5 Å². The van der Waals surface area contributed by atoms with Crippen LogP contribution < -0.4 is 19.9 Å². The number of ether oxygens (including phenoxy) is 2. The number of thioether (sulfide) groups is 4. The van der Waals surface area contributed by atoms with Gasteiger partial charge in [-0.05, 0) is 92.4 Å². The summed E-state index contributed by atoms with van der Waals surface area (Å²) in [6.07, 6.45) is 4.40. The van der Waals surface area contributed by atoms with Crippen LogP contribution >= 0.6 is 47.0 Å². The Morgan fingerprint density at radius 1 is 0.559 bits per heavy atom. The molecule has 0 saturated carbocycles. The molecular formula is C28H28O2S4. The van der Waals surface area contributed by atoms with Gasteiger partial charge in [-0.3, -0.25) is 0 Å². The summed E-state index contributed by atoms with van der Waals surface area (Å²) in [4.78, 5) is 0. The maximum Gasteiger partial charge on any atom is 0.119 e. The molecule has 3 aromatic rings. The highest BCUT2D eigenvalue weighted by Gasteiger charge is 2.17. The second-order valence-corrected chi connectivity index (χ2v) is 12.3. The van der Waals surface area contributed by atoms with Crippen LogP contribution in [0.3, 0.4) is 0 Å². The minimum Gasteiger partial charge on any atom is -0.494 e. The molecule has 3 aromatic carbocycles. The van der Waals surface area contributed by atoms with Crippen LogP contribution in [0, 0.1) is 0 Å². The van der Waals surface area contributed by atoms with Crippen LogP contribution in [0.25, 0.3) is 30.0 Å². The van der Waals surface area contributed by atoms with Crippen molar-refractivity contribution in [1.82, 2.24) is 0 Å². The molecule has 0 atom stereocenters. The van der Waals surface area contributed by atoms with E-state index in [0.717, 1.165) is 50.4 Å². The van der Waals surface area contributed by atoms with Crippen LogP contribution in [0.5, 0.6) is 11.5 Å². The lowest BCUT2D eigenvalue weighted by Gasteiger charge is -2.14. The summed E-state index contributed by atoms with van der Waals surface area (Å²) in [7, 11) is 0. The van der Waals surface area contributed by atoms with E-state index in [9.17, 15) is 0 Å². The Labute approximate surface area is 218 Å². The van der Waals surface area contributed by atoms with Crippen molar-refractivity contribution in [3.63, 3.8) is 0 Å². The second-order valence-electron chi connectivity index (χ2n) is 8.16.